The van der Waals surface area contributed by atoms with E-state index in [9.17, 15) is 9.59 Å². The van der Waals surface area contributed by atoms with E-state index in [-0.39, 0.29) is 11.8 Å². The van der Waals surface area contributed by atoms with Crippen LogP contribution in [0.25, 0.3) is 0 Å². The third-order valence-electron chi connectivity index (χ3n) is 4.25. The van der Waals surface area contributed by atoms with E-state index < -0.39 is 12.1 Å². The van der Waals surface area contributed by atoms with Gasteiger partial charge in [0.1, 0.15) is 5.75 Å². The molecule has 0 bridgehead atoms. The van der Waals surface area contributed by atoms with Gasteiger partial charge in [0, 0.05) is 6.54 Å². The average molecular weight is 355 g/mol. The first-order valence-electron chi connectivity index (χ1n) is 8.60. The Morgan fingerprint density at radius 3 is 2.42 bits per heavy atom. The van der Waals surface area contributed by atoms with Crippen molar-refractivity contribution in [2.24, 2.45) is 0 Å². The van der Waals surface area contributed by atoms with Crippen LogP contribution in [0.15, 0.2) is 48.5 Å². The fourth-order valence-electron chi connectivity index (χ4n) is 2.53. The number of methoxy groups -OCH3 is 1. The maximum atomic E-state index is 12.2. The number of esters is 1. The maximum absolute atomic E-state index is 12.2. The summed E-state index contributed by atoms with van der Waals surface area (Å²) in [7, 11) is 1.54. The van der Waals surface area contributed by atoms with Crippen LogP contribution in [-0.4, -0.2) is 31.6 Å². The largest absolute Gasteiger partial charge is 0.496 e. The van der Waals surface area contributed by atoms with E-state index in [2.05, 4.69) is 5.32 Å². The van der Waals surface area contributed by atoms with Crippen LogP contribution in [0.1, 0.15) is 41.3 Å². The zero-order valence-electron chi connectivity index (χ0n) is 15.6. The van der Waals surface area contributed by atoms with Gasteiger partial charge in [-0.05, 0) is 43.0 Å². The molecule has 1 amide bonds. The van der Waals surface area contributed by atoms with E-state index in [1.807, 2.05) is 44.2 Å². The van der Waals surface area contributed by atoms with Gasteiger partial charge in [0.15, 0.2) is 6.10 Å². The minimum atomic E-state index is -0.877. The van der Waals surface area contributed by atoms with Crippen molar-refractivity contribution < 1.29 is 19.1 Å². The molecule has 26 heavy (non-hydrogen) atoms. The summed E-state index contributed by atoms with van der Waals surface area (Å²) in [5, 5.41) is 2.83. The van der Waals surface area contributed by atoms with Gasteiger partial charge in [-0.1, -0.05) is 43.3 Å². The minimum Gasteiger partial charge on any atom is -0.496 e. The second-order valence-corrected chi connectivity index (χ2v) is 6.29. The number of carbonyl (C=O) groups is 2. The Bertz CT molecular complexity index is 758. The van der Waals surface area contributed by atoms with Gasteiger partial charge in [-0.25, -0.2) is 4.79 Å². The highest BCUT2D eigenvalue weighted by Gasteiger charge is 2.20. The lowest BCUT2D eigenvalue weighted by Crippen LogP contribution is -2.37. The lowest BCUT2D eigenvalue weighted by molar-refractivity contribution is -0.129. The molecule has 0 aliphatic heterocycles. The molecule has 1 N–H and O–H groups in total. The highest BCUT2D eigenvalue weighted by molar-refractivity contribution is 5.92. The number of amides is 1. The average Bonchev–Trinajstić information content (AvgIpc) is 2.66. The fourth-order valence-corrected chi connectivity index (χ4v) is 2.53. The molecule has 0 fully saturated rings. The van der Waals surface area contributed by atoms with Crippen molar-refractivity contribution in [3.63, 3.8) is 0 Å². The summed E-state index contributed by atoms with van der Waals surface area (Å²) in [5.41, 5.74) is 2.42. The lowest BCUT2D eigenvalue weighted by Gasteiger charge is -2.17. The number of carbonyl (C=O) groups excluding carboxylic acids is 2. The standard InChI is InChI=1S/C21H25NO4/c1-14-10-11-18(12-19(14)25-4)21(24)26-16(3)20(23)22-13-15(2)17-8-6-5-7-9-17/h5-12,15-16H,13H2,1-4H3,(H,22,23)/t15-,16-/m1/s1. The summed E-state index contributed by atoms with van der Waals surface area (Å²) in [6.07, 6.45) is -0.877. The normalized spacial score (nSPS) is 12.8. The number of aryl methyl sites for hydroxylation is 1. The zero-order chi connectivity index (χ0) is 19.1. The van der Waals surface area contributed by atoms with E-state index in [0.29, 0.717) is 17.9 Å². The number of hydrogen-bond donors (Lipinski definition) is 1. The van der Waals surface area contributed by atoms with Crippen LogP contribution in [0.2, 0.25) is 0 Å². The summed E-state index contributed by atoms with van der Waals surface area (Å²) in [5.74, 6) is -0.0973. The molecule has 0 radical (unpaired) electrons. The van der Waals surface area contributed by atoms with Crippen molar-refractivity contribution in [2.75, 3.05) is 13.7 Å². The summed E-state index contributed by atoms with van der Waals surface area (Å²) in [4.78, 5) is 24.5. The predicted octanol–water partition coefficient (Wildman–Crippen LogP) is 3.47. The van der Waals surface area contributed by atoms with E-state index in [4.69, 9.17) is 9.47 Å². The van der Waals surface area contributed by atoms with Crippen LogP contribution in [0.3, 0.4) is 0 Å². The quantitative estimate of drug-likeness (QED) is 0.773. The molecule has 138 valence electrons. The third kappa shape index (κ3) is 5.09. The maximum Gasteiger partial charge on any atom is 0.339 e. The first-order chi connectivity index (χ1) is 12.4. The number of nitrogens with one attached hydrogen (secondary N) is 1. The van der Waals surface area contributed by atoms with Gasteiger partial charge in [0.05, 0.1) is 12.7 Å². The van der Waals surface area contributed by atoms with Crippen molar-refractivity contribution in [3.8, 4) is 5.75 Å². The van der Waals surface area contributed by atoms with Crippen molar-refractivity contribution in [3.05, 3.63) is 65.2 Å². The van der Waals surface area contributed by atoms with Crippen LogP contribution < -0.4 is 10.1 Å². The molecule has 0 aromatic heterocycles. The van der Waals surface area contributed by atoms with Crippen molar-refractivity contribution in [2.45, 2.75) is 32.8 Å². The molecule has 0 heterocycles. The Kier molecular flexibility index (Phi) is 6.78. The van der Waals surface area contributed by atoms with Gasteiger partial charge in [-0.3, -0.25) is 4.79 Å². The molecular weight excluding hydrogens is 330 g/mol. The molecule has 2 aromatic rings. The Morgan fingerprint density at radius 2 is 1.77 bits per heavy atom. The number of hydrogen-bond acceptors (Lipinski definition) is 4. The second-order valence-electron chi connectivity index (χ2n) is 6.29. The molecule has 2 atom stereocenters. The summed E-state index contributed by atoms with van der Waals surface area (Å²) in [6.45, 7) is 5.96. The Labute approximate surface area is 154 Å². The lowest BCUT2D eigenvalue weighted by atomic mass is 10.0. The molecule has 0 saturated heterocycles. The van der Waals surface area contributed by atoms with E-state index in [1.165, 1.54) is 0 Å². The second kappa shape index (κ2) is 9.04. The molecule has 0 aliphatic carbocycles. The van der Waals surface area contributed by atoms with Gasteiger partial charge in [-0.2, -0.15) is 0 Å². The van der Waals surface area contributed by atoms with Gasteiger partial charge in [0.2, 0.25) is 0 Å². The van der Waals surface area contributed by atoms with Gasteiger partial charge in [-0.15, -0.1) is 0 Å². The van der Waals surface area contributed by atoms with E-state index in [0.717, 1.165) is 11.1 Å². The van der Waals surface area contributed by atoms with E-state index >= 15 is 0 Å². The number of ether oxygens (including phenoxy) is 2. The fraction of sp³-hybridized carbons (Fsp3) is 0.333. The van der Waals surface area contributed by atoms with Crippen LogP contribution in [0.5, 0.6) is 5.75 Å². The van der Waals surface area contributed by atoms with Crippen LogP contribution >= 0.6 is 0 Å². The SMILES string of the molecule is COc1cc(C(=O)O[C@H](C)C(=O)NC[C@@H](C)c2ccccc2)ccc1C. The monoisotopic (exact) mass is 355 g/mol. The van der Waals surface area contributed by atoms with Gasteiger partial charge in [0.25, 0.3) is 5.91 Å². The summed E-state index contributed by atoms with van der Waals surface area (Å²) in [6, 6.07) is 15.0. The van der Waals surface area contributed by atoms with Crippen LogP contribution in [-0.2, 0) is 9.53 Å². The smallest absolute Gasteiger partial charge is 0.339 e. The Balaban J connectivity index is 1.89. The number of benzene rings is 2. The molecule has 0 unspecified atom stereocenters. The van der Waals surface area contributed by atoms with Crippen molar-refractivity contribution in [1.29, 1.82) is 0 Å². The van der Waals surface area contributed by atoms with Gasteiger partial charge >= 0.3 is 5.97 Å². The molecule has 5 heteroatoms. The topological polar surface area (TPSA) is 64.6 Å². The molecule has 0 aliphatic rings. The minimum absolute atomic E-state index is 0.171. The Hall–Kier alpha value is -2.82. The van der Waals surface area contributed by atoms with Crippen molar-refractivity contribution in [1.82, 2.24) is 5.32 Å². The number of rotatable bonds is 7. The molecule has 5 nitrogen and oxygen atoms in total. The van der Waals surface area contributed by atoms with Gasteiger partial charge < -0.3 is 14.8 Å². The molecule has 2 aromatic carbocycles. The first-order valence-corrected chi connectivity index (χ1v) is 8.60. The third-order valence-corrected chi connectivity index (χ3v) is 4.25. The Morgan fingerprint density at radius 1 is 1.08 bits per heavy atom. The van der Waals surface area contributed by atoms with Crippen LogP contribution in [0, 0.1) is 6.92 Å². The first kappa shape index (κ1) is 19.5. The highest BCUT2D eigenvalue weighted by atomic mass is 16.5. The van der Waals surface area contributed by atoms with E-state index in [1.54, 1.807) is 32.2 Å². The summed E-state index contributed by atoms with van der Waals surface area (Å²) >= 11 is 0. The van der Waals surface area contributed by atoms with Crippen molar-refractivity contribution >= 4 is 11.9 Å². The highest BCUT2D eigenvalue weighted by Crippen LogP contribution is 2.20. The predicted molar refractivity (Wildman–Crippen MR) is 100 cm³/mol. The molecule has 0 spiro atoms. The molecule has 2 rings (SSSR count). The zero-order valence-corrected chi connectivity index (χ0v) is 15.6. The summed E-state index contributed by atoms with van der Waals surface area (Å²) < 4.78 is 10.5. The molecular formula is C21H25NO4. The molecule has 0 saturated carbocycles. The van der Waals surface area contributed by atoms with Crippen LogP contribution in [0.4, 0.5) is 0 Å².